The Morgan fingerprint density at radius 1 is 1.22 bits per heavy atom. The molecule has 0 aliphatic carbocycles. The molecule has 3 aromatic rings. The van der Waals surface area contributed by atoms with E-state index in [1.54, 1.807) is 17.0 Å². The number of aryl methyl sites for hydroxylation is 2. The van der Waals surface area contributed by atoms with E-state index < -0.39 is 17.2 Å². The van der Waals surface area contributed by atoms with Crippen LogP contribution in [0.4, 0.5) is 5.82 Å². The zero-order valence-corrected chi connectivity index (χ0v) is 21.1. The van der Waals surface area contributed by atoms with E-state index in [1.165, 1.54) is 4.57 Å². The number of hydrogen-bond acceptors (Lipinski definition) is 6. The monoisotopic (exact) mass is 492 g/mol. The van der Waals surface area contributed by atoms with Crippen LogP contribution in [-0.2, 0) is 11.3 Å². The van der Waals surface area contributed by atoms with E-state index in [4.69, 9.17) is 0 Å². The molecule has 0 aromatic carbocycles. The van der Waals surface area contributed by atoms with Crippen LogP contribution in [0.2, 0.25) is 0 Å². The molecular formula is C26H32N6O4. The van der Waals surface area contributed by atoms with Gasteiger partial charge in [-0.2, -0.15) is 0 Å². The predicted octanol–water partition coefficient (Wildman–Crippen LogP) is 2.81. The molecule has 190 valence electrons. The summed E-state index contributed by atoms with van der Waals surface area (Å²) in [5, 5.41) is 2.96. The lowest BCUT2D eigenvalue weighted by Gasteiger charge is -2.32. The summed E-state index contributed by atoms with van der Waals surface area (Å²) in [4.78, 5) is 65.0. The van der Waals surface area contributed by atoms with E-state index >= 15 is 0 Å². The molecule has 1 fully saturated rings. The van der Waals surface area contributed by atoms with Crippen LogP contribution in [0.15, 0.2) is 33.9 Å². The number of anilines is 1. The number of pyridine rings is 2. The van der Waals surface area contributed by atoms with E-state index in [0.717, 1.165) is 5.69 Å². The number of likely N-dealkylation sites (tertiary alicyclic amines) is 1. The van der Waals surface area contributed by atoms with Crippen LogP contribution in [0, 0.1) is 12.8 Å². The molecule has 4 rings (SSSR count). The van der Waals surface area contributed by atoms with Gasteiger partial charge in [0.15, 0.2) is 5.65 Å². The number of nitrogens with one attached hydrogen (secondary N) is 2. The lowest BCUT2D eigenvalue weighted by Crippen LogP contribution is -2.44. The molecule has 0 spiro atoms. The molecule has 4 heterocycles. The number of carbonyl (C=O) groups excluding carboxylic acids is 2. The van der Waals surface area contributed by atoms with E-state index in [0.29, 0.717) is 43.9 Å². The molecule has 1 saturated heterocycles. The van der Waals surface area contributed by atoms with Gasteiger partial charge in [0.25, 0.3) is 11.5 Å². The van der Waals surface area contributed by atoms with Gasteiger partial charge in [0, 0.05) is 31.0 Å². The molecule has 1 aliphatic rings. The van der Waals surface area contributed by atoms with Crippen LogP contribution in [0.25, 0.3) is 11.0 Å². The first-order chi connectivity index (χ1) is 17.2. The zero-order chi connectivity index (χ0) is 26.0. The third kappa shape index (κ3) is 5.07. The van der Waals surface area contributed by atoms with Crippen LogP contribution in [0.1, 0.15) is 67.7 Å². The fraction of sp³-hybridized carbons (Fsp3) is 0.462. The maximum atomic E-state index is 13.8. The molecule has 0 saturated carbocycles. The smallest absolute Gasteiger partial charge is 0.329 e. The second kappa shape index (κ2) is 10.4. The van der Waals surface area contributed by atoms with Gasteiger partial charge >= 0.3 is 5.69 Å². The van der Waals surface area contributed by atoms with Crippen LogP contribution in [0.3, 0.4) is 0 Å². The summed E-state index contributed by atoms with van der Waals surface area (Å²) in [6.07, 6.45) is 1.96. The second-order valence-electron chi connectivity index (χ2n) is 9.60. The van der Waals surface area contributed by atoms with Crippen molar-refractivity contribution in [3.8, 4) is 0 Å². The molecule has 2 N–H and O–H groups in total. The molecule has 1 unspecified atom stereocenters. The Kier molecular flexibility index (Phi) is 7.32. The van der Waals surface area contributed by atoms with Crippen LogP contribution in [0.5, 0.6) is 0 Å². The third-order valence-corrected chi connectivity index (χ3v) is 6.46. The van der Waals surface area contributed by atoms with E-state index in [1.807, 2.05) is 39.8 Å². The number of hydrogen-bond donors (Lipinski definition) is 2. The summed E-state index contributed by atoms with van der Waals surface area (Å²) in [6, 6.07) is 7.05. The van der Waals surface area contributed by atoms with Crippen molar-refractivity contribution in [3.05, 3.63) is 62.1 Å². The van der Waals surface area contributed by atoms with Crippen molar-refractivity contribution in [3.63, 3.8) is 0 Å². The number of amides is 2. The number of aromatic nitrogens is 4. The Morgan fingerprint density at radius 3 is 2.69 bits per heavy atom. The van der Waals surface area contributed by atoms with Crippen molar-refractivity contribution in [2.75, 3.05) is 18.4 Å². The van der Waals surface area contributed by atoms with Gasteiger partial charge in [-0.3, -0.25) is 23.9 Å². The van der Waals surface area contributed by atoms with Crippen molar-refractivity contribution in [1.29, 1.82) is 0 Å². The highest BCUT2D eigenvalue weighted by molar-refractivity contribution is 6.05. The largest absolute Gasteiger partial charge is 0.338 e. The first-order valence-electron chi connectivity index (χ1n) is 12.4. The van der Waals surface area contributed by atoms with Gasteiger partial charge in [0.05, 0.1) is 16.9 Å². The van der Waals surface area contributed by atoms with Gasteiger partial charge in [0.1, 0.15) is 5.82 Å². The lowest BCUT2D eigenvalue weighted by atomic mass is 9.95. The van der Waals surface area contributed by atoms with Crippen LogP contribution >= 0.6 is 0 Å². The molecule has 3 aromatic heterocycles. The Balaban J connectivity index is 1.69. The highest BCUT2D eigenvalue weighted by Crippen LogP contribution is 2.25. The second-order valence-corrected chi connectivity index (χ2v) is 9.60. The molecule has 0 radical (unpaired) electrons. The quantitative estimate of drug-likeness (QED) is 0.544. The van der Waals surface area contributed by atoms with E-state index in [2.05, 4.69) is 20.3 Å². The number of H-pyrrole nitrogens is 1. The van der Waals surface area contributed by atoms with Gasteiger partial charge in [-0.15, -0.1) is 0 Å². The first-order valence-corrected chi connectivity index (χ1v) is 12.4. The summed E-state index contributed by atoms with van der Waals surface area (Å²) in [7, 11) is 0. The molecular weight excluding hydrogens is 460 g/mol. The van der Waals surface area contributed by atoms with E-state index in [-0.39, 0.29) is 40.9 Å². The molecule has 0 bridgehead atoms. The van der Waals surface area contributed by atoms with Gasteiger partial charge in [-0.25, -0.2) is 14.8 Å². The number of aromatic amines is 1. The fourth-order valence-electron chi connectivity index (χ4n) is 4.58. The predicted molar refractivity (Wildman–Crippen MR) is 137 cm³/mol. The van der Waals surface area contributed by atoms with Crippen molar-refractivity contribution in [1.82, 2.24) is 24.4 Å². The zero-order valence-electron chi connectivity index (χ0n) is 21.1. The SMILES string of the molecule is CCCn1c(=O)[nH]c(=O)c2c(C(=O)N3CCCC(C(=O)Nc4cccc(C)n4)C3)cc(C(C)C)nc21. The minimum Gasteiger partial charge on any atom is -0.338 e. The van der Waals surface area contributed by atoms with Crippen LogP contribution in [-0.4, -0.2) is 49.3 Å². The number of rotatable bonds is 6. The van der Waals surface area contributed by atoms with Gasteiger partial charge in [-0.1, -0.05) is 26.8 Å². The maximum Gasteiger partial charge on any atom is 0.329 e. The average molecular weight is 493 g/mol. The number of fused-ring (bicyclic) bond motifs is 1. The van der Waals surface area contributed by atoms with E-state index in [9.17, 15) is 19.2 Å². The summed E-state index contributed by atoms with van der Waals surface area (Å²) in [5.74, 6) is -0.484. The lowest BCUT2D eigenvalue weighted by molar-refractivity contribution is -0.121. The Labute approximate surface area is 208 Å². The van der Waals surface area contributed by atoms with Crippen molar-refractivity contribution < 1.29 is 9.59 Å². The Bertz CT molecular complexity index is 1420. The van der Waals surface area contributed by atoms with Gasteiger partial charge in [0.2, 0.25) is 5.91 Å². The third-order valence-electron chi connectivity index (χ3n) is 6.46. The summed E-state index contributed by atoms with van der Waals surface area (Å²) in [5.41, 5.74) is 0.669. The Hall–Kier alpha value is -3.82. The van der Waals surface area contributed by atoms with Crippen LogP contribution < -0.4 is 16.6 Å². The number of piperidine rings is 1. The molecule has 1 aliphatic heterocycles. The fourth-order valence-corrected chi connectivity index (χ4v) is 4.58. The molecule has 36 heavy (non-hydrogen) atoms. The minimum atomic E-state index is -0.634. The van der Waals surface area contributed by atoms with Crippen molar-refractivity contribution >= 4 is 28.7 Å². The first kappa shape index (κ1) is 25.3. The minimum absolute atomic E-state index is 0.0212. The molecule has 2 amide bonds. The van der Waals surface area contributed by atoms with Gasteiger partial charge in [-0.05, 0) is 50.3 Å². The topological polar surface area (TPSA) is 130 Å². The number of carbonyl (C=O) groups is 2. The molecule has 1 atom stereocenters. The Morgan fingerprint density at radius 2 is 2.00 bits per heavy atom. The standard InChI is InChI=1S/C26H32N6O4/c1-5-11-32-22-21(24(34)30-26(32)36)18(13-19(28-22)15(2)3)25(35)31-12-7-9-17(14-31)23(33)29-20-10-6-8-16(4)27-20/h6,8,10,13,15,17H,5,7,9,11-12,14H2,1-4H3,(H,27,29,33)(H,30,34,36). The summed E-state index contributed by atoms with van der Waals surface area (Å²) < 4.78 is 1.42. The molecule has 10 heteroatoms. The molecule has 10 nitrogen and oxygen atoms in total. The average Bonchev–Trinajstić information content (AvgIpc) is 2.85. The number of nitrogens with zero attached hydrogens (tertiary/aromatic N) is 4. The maximum absolute atomic E-state index is 13.8. The summed E-state index contributed by atoms with van der Waals surface area (Å²) in [6.45, 7) is 8.72. The van der Waals surface area contributed by atoms with Gasteiger partial charge < -0.3 is 10.2 Å². The summed E-state index contributed by atoms with van der Waals surface area (Å²) >= 11 is 0. The van der Waals surface area contributed by atoms with Crippen molar-refractivity contribution in [2.24, 2.45) is 5.92 Å². The van der Waals surface area contributed by atoms with Crippen molar-refractivity contribution in [2.45, 2.75) is 59.4 Å². The normalized spacial score (nSPS) is 15.9. The highest BCUT2D eigenvalue weighted by atomic mass is 16.2. The highest BCUT2D eigenvalue weighted by Gasteiger charge is 2.31.